The van der Waals surface area contributed by atoms with E-state index in [0.29, 0.717) is 0 Å². The van der Waals surface area contributed by atoms with Gasteiger partial charge in [0.05, 0.1) is 19.1 Å². The molecule has 23 heavy (non-hydrogen) atoms. The monoisotopic (exact) mass is 316 g/mol. The maximum absolute atomic E-state index is 11.5. The van der Waals surface area contributed by atoms with Gasteiger partial charge in [-0.2, -0.15) is 15.8 Å². The molecule has 0 aromatic heterocycles. The van der Waals surface area contributed by atoms with E-state index in [0.717, 1.165) is 0 Å². The van der Waals surface area contributed by atoms with Crippen LogP contribution in [0.1, 0.15) is 26.7 Å². The number of hydrogen-bond acceptors (Lipinski definition) is 8. The van der Waals surface area contributed by atoms with Gasteiger partial charge in [-0.15, -0.1) is 0 Å². The summed E-state index contributed by atoms with van der Waals surface area (Å²) in [6, 6.07) is 4.96. The zero-order chi connectivity index (χ0) is 17.8. The van der Waals surface area contributed by atoms with E-state index in [-0.39, 0.29) is 29.9 Å². The summed E-state index contributed by atoms with van der Waals surface area (Å²) in [6.07, 6.45) is -0.220. The molecule has 0 saturated carbocycles. The average Bonchev–Trinajstić information content (AvgIpc) is 2.69. The molecule has 3 N–H and O–H groups in total. The predicted octanol–water partition coefficient (Wildman–Crippen LogP) is 0.722. The first-order chi connectivity index (χ1) is 10.6. The van der Waals surface area contributed by atoms with Gasteiger partial charge in [0.2, 0.25) is 11.7 Å². The molecule has 0 aromatic rings. The molecule has 0 aromatic carbocycles. The van der Waals surface area contributed by atoms with Crippen LogP contribution in [0.3, 0.4) is 0 Å². The van der Waals surface area contributed by atoms with Gasteiger partial charge < -0.3 is 20.3 Å². The Kier molecular flexibility index (Phi) is 5.01. The van der Waals surface area contributed by atoms with E-state index in [1.807, 2.05) is 0 Å². The van der Waals surface area contributed by atoms with Crippen LogP contribution in [0.2, 0.25) is 0 Å². The zero-order valence-corrected chi connectivity index (χ0v) is 13.0. The van der Waals surface area contributed by atoms with Crippen molar-refractivity contribution in [1.29, 1.82) is 15.8 Å². The molecule has 0 amide bonds. The Morgan fingerprint density at radius 2 is 1.96 bits per heavy atom. The van der Waals surface area contributed by atoms with Crippen molar-refractivity contribution in [1.82, 2.24) is 0 Å². The number of hydrogen-bond donors (Lipinski definition) is 2. The maximum atomic E-state index is 11.5. The molecule has 0 aliphatic carbocycles. The first-order valence-corrected chi connectivity index (χ1v) is 6.57. The van der Waals surface area contributed by atoms with Crippen molar-refractivity contribution in [2.75, 3.05) is 7.11 Å². The standard InChI is InChI=1S/C15H16N4O4/c1-14(2,4-11(20)22-3)8-15(21)12(9(5-16)6-17)10(7-18)13(19)23-15/h21H,4,8,19H2,1-3H3. The van der Waals surface area contributed by atoms with Crippen LogP contribution in [0, 0.1) is 39.4 Å². The molecule has 1 atom stereocenters. The summed E-state index contributed by atoms with van der Waals surface area (Å²) in [5.74, 6) is -3.01. The highest BCUT2D eigenvalue weighted by Crippen LogP contribution is 2.45. The van der Waals surface area contributed by atoms with Crippen LogP contribution in [0.4, 0.5) is 0 Å². The third-order valence-corrected chi connectivity index (χ3v) is 3.32. The lowest BCUT2D eigenvalue weighted by atomic mass is 9.78. The van der Waals surface area contributed by atoms with Gasteiger partial charge in [0.15, 0.2) is 0 Å². The fourth-order valence-corrected chi connectivity index (χ4v) is 2.47. The normalized spacial score (nSPS) is 20.1. The number of allylic oxidation sites excluding steroid dienone is 1. The molecule has 120 valence electrons. The van der Waals surface area contributed by atoms with Crippen molar-refractivity contribution in [2.24, 2.45) is 11.1 Å². The second-order valence-electron chi connectivity index (χ2n) is 5.81. The SMILES string of the molecule is COC(=O)CC(C)(C)CC1(O)OC(N)=C(C#N)C1=C(C#N)C#N. The first-order valence-electron chi connectivity index (χ1n) is 6.57. The zero-order valence-electron chi connectivity index (χ0n) is 13.0. The van der Waals surface area contributed by atoms with Crippen LogP contribution in [-0.4, -0.2) is 24.0 Å². The average molecular weight is 316 g/mol. The molecule has 1 rings (SSSR count). The van der Waals surface area contributed by atoms with Gasteiger partial charge in [0.1, 0.15) is 29.4 Å². The van der Waals surface area contributed by atoms with Gasteiger partial charge in [0.25, 0.3) is 0 Å². The minimum atomic E-state index is -2.15. The highest BCUT2D eigenvalue weighted by molar-refractivity contribution is 5.70. The quantitative estimate of drug-likeness (QED) is 0.568. The summed E-state index contributed by atoms with van der Waals surface area (Å²) < 4.78 is 9.78. The minimum absolute atomic E-state index is 0.0430. The summed E-state index contributed by atoms with van der Waals surface area (Å²) in [5.41, 5.74) is 3.75. The maximum Gasteiger partial charge on any atom is 0.306 e. The van der Waals surface area contributed by atoms with Crippen molar-refractivity contribution >= 4 is 5.97 Å². The van der Waals surface area contributed by atoms with Gasteiger partial charge in [-0.1, -0.05) is 13.8 Å². The Bertz CT molecular complexity index is 699. The van der Waals surface area contributed by atoms with Crippen LogP contribution in [-0.2, 0) is 14.3 Å². The minimum Gasteiger partial charge on any atom is -0.469 e. The molecule has 0 spiro atoms. The number of esters is 1. The molecule has 1 heterocycles. The smallest absolute Gasteiger partial charge is 0.306 e. The van der Waals surface area contributed by atoms with Crippen LogP contribution >= 0.6 is 0 Å². The Morgan fingerprint density at radius 1 is 1.39 bits per heavy atom. The molecule has 1 unspecified atom stereocenters. The van der Waals surface area contributed by atoms with Crippen molar-refractivity contribution in [2.45, 2.75) is 32.5 Å². The summed E-state index contributed by atoms with van der Waals surface area (Å²) in [6.45, 7) is 3.34. The van der Waals surface area contributed by atoms with E-state index >= 15 is 0 Å². The molecule has 1 aliphatic rings. The Labute approximate surface area is 133 Å². The Morgan fingerprint density at radius 3 is 2.39 bits per heavy atom. The fraction of sp³-hybridized carbons (Fsp3) is 0.467. The third-order valence-electron chi connectivity index (χ3n) is 3.32. The molecule has 8 nitrogen and oxygen atoms in total. The van der Waals surface area contributed by atoms with Gasteiger partial charge >= 0.3 is 5.97 Å². The van der Waals surface area contributed by atoms with Gasteiger partial charge in [-0.3, -0.25) is 4.79 Å². The number of nitriles is 3. The van der Waals surface area contributed by atoms with E-state index in [1.54, 1.807) is 32.1 Å². The topological polar surface area (TPSA) is 153 Å². The van der Waals surface area contributed by atoms with Gasteiger partial charge in [0, 0.05) is 6.42 Å². The molecular formula is C15H16N4O4. The van der Waals surface area contributed by atoms with E-state index in [1.165, 1.54) is 7.11 Å². The number of rotatable bonds is 4. The molecule has 1 aliphatic heterocycles. The first kappa shape index (κ1) is 18.0. The number of nitrogens with two attached hydrogens (primary N) is 1. The second kappa shape index (κ2) is 6.39. The molecular weight excluding hydrogens is 300 g/mol. The van der Waals surface area contributed by atoms with Crippen molar-refractivity contribution < 1.29 is 19.4 Å². The second-order valence-corrected chi connectivity index (χ2v) is 5.81. The Hall–Kier alpha value is -3.02. The fourth-order valence-electron chi connectivity index (χ4n) is 2.47. The van der Waals surface area contributed by atoms with Gasteiger partial charge in [-0.05, 0) is 5.41 Å². The van der Waals surface area contributed by atoms with Crippen molar-refractivity contribution in [3.63, 3.8) is 0 Å². The van der Waals surface area contributed by atoms with E-state index in [2.05, 4.69) is 4.74 Å². The van der Waals surface area contributed by atoms with E-state index in [4.69, 9.17) is 26.3 Å². The molecule has 0 radical (unpaired) electrons. The number of ether oxygens (including phenoxy) is 2. The number of aliphatic hydroxyl groups is 1. The van der Waals surface area contributed by atoms with Crippen LogP contribution in [0.25, 0.3) is 0 Å². The Balaban J connectivity index is 3.33. The molecule has 0 bridgehead atoms. The largest absolute Gasteiger partial charge is 0.469 e. The molecule has 0 saturated heterocycles. The number of nitrogens with zero attached hydrogens (tertiary/aromatic N) is 3. The number of carbonyl (C=O) groups is 1. The third kappa shape index (κ3) is 3.60. The summed E-state index contributed by atoms with van der Waals surface area (Å²) in [4.78, 5) is 11.5. The summed E-state index contributed by atoms with van der Waals surface area (Å²) in [5, 5.41) is 38.0. The summed E-state index contributed by atoms with van der Waals surface area (Å²) >= 11 is 0. The lowest BCUT2D eigenvalue weighted by Gasteiger charge is -2.33. The summed E-state index contributed by atoms with van der Waals surface area (Å²) in [7, 11) is 1.24. The molecule has 8 heteroatoms. The van der Waals surface area contributed by atoms with E-state index < -0.39 is 22.7 Å². The van der Waals surface area contributed by atoms with Gasteiger partial charge in [-0.25, -0.2) is 0 Å². The van der Waals surface area contributed by atoms with Crippen molar-refractivity contribution in [3.8, 4) is 18.2 Å². The van der Waals surface area contributed by atoms with E-state index in [9.17, 15) is 9.90 Å². The number of carbonyl (C=O) groups excluding carboxylic acids is 1. The predicted molar refractivity (Wildman–Crippen MR) is 76.1 cm³/mol. The highest BCUT2D eigenvalue weighted by atomic mass is 16.6. The number of methoxy groups -OCH3 is 1. The van der Waals surface area contributed by atoms with Crippen LogP contribution in [0.15, 0.2) is 22.6 Å². The highest BCUT2D eigenvalue weighted by Gasteiger charge is 2.49. The van der Waals surface area contributed by atoms with Crippen LogP contribution < -0.4 is 5.73 Å². The lowest BCUT2D eigenvalue weighted by molar-refractivity contribution is -0.162. The lowest BCUT2D eigenvalue weighted by Crippen LogP contribution is -2.38. The molecule has 0 fully saturated rings. The van der Waals surface area contributed by atoms with Crippen LogP contribution in [0.5, 0.6) is 0 Å². The van der Waals surface area contributed by atoms with Crippen molar-refractivity contribution in [3.05, 3.63) is 22.6 Å².